The van der Waals surface area contributed by atoms with Crippen LogP contribution < -0.4 is 9.64 Å². The van der Waals surface area contributed by atoms with E-state index in [1.165, 1.54) is 12.1 Å². The molecule has 0 aromatic heterocycles. The van der Waals surface area contributed by atoms with Crippen LogP contribution in [0.5, 0.6) is 5.75 Å². The second-order valence-electron chi connectivity index (χ2n) is 8.38. The molecule has 34 heavy (non-hydrogen) atoms. The number of halogens is 3. The van der Waals surface area contributed by atoms with Gasteiger partial charge in [0.2, 0.25) is 0 Å². The number of nitrogens with zero attached hydrogens (tertiary/aromatic N) is 1. The number of benzene rings is 3. The number of alkyl halides is 2. The molecule has 176 valence electrons. The average Bonchev–Trinajstić information content (AvgIpc) is 3.00. The summed E-state index contributed by atoms with van der Waals surface area (Å²) in [5.41, 5.74) is -0.206. The molecule has 0 fully saturated rings. The predicted molar refractivity (Wildman–Crippen MR) is 118 cm³/mol. The second kappa shape index (κ2) is 8.81. The fourth-order valence-electron chi connectivity index (χ4n) is 4.30. The molecule has 1 aliphatic rings. The van der Waals surface area contributed by atoms with Crippen molar-refractivity contribution in [3.8, 4) is 5.75 Å². The summed E-state index contributed by atoms with van der Waals surface area (Å²) in [5.74, 6) is -4.39. The van der Waals surface area contributed by atoms with Crippen LogP contribution in [0.15, 0.2) is 42.5 Å². The number of aliphatic carboxylic acids is 1. The van der Waals surface area contributed by atoms with Crippen LogP contribution in [0.3, 0.4) is 0 Å². The van der Waals surface area contributed by atoms with E-state index in [4.69, 9.17) is 9.84 Å². The first-order valence-electron chi connectivity index (χ1n) is 10.5. The number of carbonyl (C=O) groups excluding carboxylic acids is 2. The summed E-state index contributed by atoms with van der Waals surface area (Å²) in [6.45, 7) is 0.558. The topological polar surface area (TPSA) is 83.9 Å². The summed E-state index contributed by atoms with van der Waals surface area (Å²) in [6, 6.07) is 9.82. The van der Waals surface area contributed by atoms with Gasteiger partial charge in [-0.1, -0.05) is 44.2 Å². The van der Waals surface area contributed by atoms with Gasteiger partial charge in [-0.25, -0.2) is 9.29 Å². The van der Waals surface area contributed by atoms with E-state index in [0.29, 0.717) is 22.3 Å². The molecule has 0 saturated carbocycles. The molecule has 2 amide bonds. The van der Waals surface area contributed by atoms with E-state index in [1.807, 2.05) is 13.8 Å². The van der Waals surface area contributed by atoms with Gasteiger partial charge in [0.1, 0.15) is 11.6 Å². The van der Waals surface area contributed by atoms with Crippen molar-refractivity contribution in [3.63, 3.8) is 0 Å². The number of hydrogen-bond donors (Lipinski definition) is 1. The van der Waals surface area contributed by atoms with E-state index in [0.717, 1.165) is 12.1 Å². The van der Waals surface area contributed by atoms with Gasteiger partial charge in [0, 0.05) is 5.39 Å². The molecule has 1 aliphatic heterocycles. The van der Waals surface area contributed by atoms with E-state index in [2.05, 4.69) is 0 Å². The van der Waals surface area contributed by atoms with Crippen LogP contribution in [0.1, 0.15) is 45.7 Å². The molecule has 0 saturated heterocycles. The highest BCUT2D eigenvalue weighted by atomic mass is 19.3. The summed E-state index contributed by atoms with van der Waals surface area (Å²) < 4.78 is 46.4. The van der Waals surface area contributed by atoms with Crippen molar-refractivity contribution in [1.82, 2.24) is 0 Å². The lowest BCUT2D eigenvalue weighted by atomic mass is 9.89. The Labute approximate surface area is 192 Å². The van der Waals surface area contributed by atoms with Gasteiger partial charge in [0.15, 0.2) is 0 Å². The van der Waals surface area contributed by atoms with Gasteiger partial charge in [-0.3, -0.25) is 14.4 Å². The molecule has 9 heteroatoms. The van der Waals surface area contributed by atoms with Crippen LogP contribution >= 0.6 is 0 Å². The Kier molecular flexibility index (Phi) is 6.03. The molecule has 0 radical (unpaired) electrons. The maximum atomic E-state index is 14.9. The number of imide groups is 1. The van der Waals surface area contributed by atoms with E-state index in [-0.39, 0.29) is 28.0 Å². The highest BCUT2D eigenvalue weighted by Gasteiger charge is 2.44. The predicted octanol–water partition coefficient (Wildman–Crippen LogP) is 5.21. The standard InChI is InChI=1S/C25H20F3NO5/c1-12(2)9-16-14-5-3-4-6-15(14)22(34-25(27)28)21-20(16)23(32)29(24(21)33)18-8-7-13(10-17(18)26)11-19(30)31/h3-8,10,12,25H,9,11H2,1-2H3,(H,30,31). The fraction of sp³-hybridized carbons (Fsp3) is 0.240. The Hall–Kier alpha value is -3.88. The van der Waals surface area contributed by atoms with Crippen molar-refractivity contribution < 1.29 is 37.4 Å². The number of ether oxygens (including phenoxy) is 1. The third-order valence-electron chi connectivity index (χ3n) is 5.54. The van der Waals surface area contributed by atoms with Gasteiger partial charge in [-0.2, -0.15) is 8.78 Å². The van der Waals surface area contributed by atoms with Gasteiger partial charge in [-0.15, -0.1) is 0 Å². The molecule has 0 atom stereocenters. The number of anilines is 1. The lowest BCUT2D eigenvalue weighted by Crippen LogP contribution is -2.30. The first-order chi connectivity index (χ1) is 16.1. The zero-order valence-corrected chi connectivity index (χ0v) is 18.3. The second-order valence-corrected chi connectivity index (χ2v) is 8.38. The molecule has 0 bridgehead atoms. The molecule has 6 nitrogen and oxygen atoms in total. The molecule has 1 heterocycles. The molecule has 0 aliphatic carbocycles. The molecule has 1 N–H and O–H groups in total. The smallest absolute Gasteiger partial charge is 0.387 e. The number of amides is 2. The average molecular weight is 471 g/mol. The minimum atomic E-state index is -3.26. The zero-order valence-electron chi connectivity index (χ0n) is 18.3. The molecule has 0 unspecified atom stereocenters. The van der Waals surface area contributed by atoms with Gasteiger partial charge in [0.25, 0.3) is 11.8 Å². The van der Waals surface area contributed by atoms with Gasteiger partial charge in [-0.05, 0) is 41.0 Å². The summed E-state index contributed by atoms with van der Waals surface area (Å²) in [5, 5.41) is 9.66. The van der Waals surface area contributed by atoms with Crippen LogP contribution in [0.2, 0.25) is 0 Å². The van der Waals surface area contributed by atoms with Crippen LogP contribution in [0.25, 0.3) is 10.8 Å². The summed E-state index contributed by atoms with van der Waals surface area (Å²) in [4.78, 5) is 38.4. The number of carboxylic acid groups (broad SMARTS) is 1. The SMILES string of the molecule is CC(C)Cc1c2c(c(OC(F)F)c3ccccc13)C(=O)N(c1ccc(CC(=O)O)cc1F)C2=O. The molecule has 3 aromatic carbocycles. The molecular formula is C25H20F3NO5. The molecular weight excluding hydrogens is 451 g/mol. The number of fused-ring (bicyclic) bond motifs is 2. The van der Waals surface area contributed by atoms with Crippen LogP contribution in [0.4, 0.5) is 18.9 Å². The van der Waals surface area contributed by atoms with E-state index >= 15 is 0 Å². The Balaban J connectivity index is 1.96. The number of hydrogen-bond acceptors (Lipinski definition) is 4. The maximum absolute atomic E-state index is 14.9. The van der Waals surface area contributed by atoms with Gasteiger partial charge >= 0.3 is 12.6 Å². The third-order valence-corrected chi connectivity index (χ3v) is 5.54. The Morgan fingerprint density at radius 3 is 2.26 bits per heavy atom. The Morgan fingerprint density at radius 1 is 1.03 bits per heavy atom. The van der Waals surface area contributed by atoms with Gasteiger partial charge < -0.3 is 9.84 Å². The third kappa shape index (κ3) is 3.98. The largest absolute Gasteiger partial charge is 0.481 e. The monoisotopic (exact) mass is 471 g/mol. The molecule has 3 aromatic rings. The fourth-order valence-corrected chi connectivity index (χ4v) is 4.30. The van der Waals surface area contributed by atoms with Crippen molar-refractivity contribution in [2.45, 2.75) is 33.3 Å². The van der Waals surface area contributed by atoms with Gasteiger partial charge in [0.05, 0.1) is 23.2 Å². The van der Waals surface area contributed by atoms with Crippen molar-refractivity contribution in [1.29, 1.82) is 0 Å². The maximum Gasteiger partial charge on any atom is 0.387 e. The quantitative estimate of drug-likeness (QED) is 0.479. The van der Waals surface area contributed by atoms with Crippen molar-refractivity contribution >= 4 is 34.2 Å². The normalized spacial score (nSPS) is 13.3. The summed E-state index contributed by atoms with van der Waals surface area (Å²) in [7, 11) is 0. The minimum absolute atomic E-state index is 0.0540. The van der Waals surface area contributed by atoms with E-state index in [1.54, 1.807) is 18.2 Å². The van der Waals surface area contributed by atoms with Crippen molar-refractivity contribution in [2.24, 2.45) is 5.92 Å². The molecule has 4 rings (SSSR count). The zero-order chi connectivity index (χ0) is 24.7. The number of carboxylic acids is 1. The van der Waals surface area contributed by atoms with Crippen LogP contribution in [0, 0.1) is 11.7 Å². The Morgan fingerprint density at radius 2 is 1.68 bits per heavy atom. The highest BCUT2D eigenvalue weighted by molar-refractivity contribution is 6.37. The highest BCUT2D eigenvalue weighted by Crippen LogP contribution is 2.44. The lowest BCUT2D eigenvalue weighted by molar-refractivity contribution is -0.136. The van der Waals surface area contributed by atoms with Crippen molar-refractivity contribution in [2.75, 3.05) is 4.90 Å². The van der Waals surface area contributed by atoms with E-state index in [9.17, 15) is 27.6 Å². The lowest BCUT2D eigenvalue weighted by Gasteiger charge is -2.17. The van der Waals surface area contributed by atoms with Crippen LogP contribution in [-0.2, 0) is 17.6 Å². The van der Waals surface area contributed by atoms with E-state index < -0.39 is 48.1 Å². The number of carbonyl (C=O) groups is 3. The molecule has 0 spiro atoms. The summed E-state index contributed by atoms with van der Waals surface area (Å²) >= 11 is 0. The first-order valence-corrected chi connectivity index (χ1v) is 10.5. The Bertz CT molecular complexity index is 1270. The van der Waals surface area contributed by atoms with Crippen LogP contribution in [-0.4, -0.2) is 29.5 Å². The first kappa shape index (κ1) is 23.3. The number of rotatable bonds is 7. The summed E-state index contributed by atoms with van der Waals surface area (Å²) in [6.07, 6.45) is -0.0830. The van der Waals surface area contributed by atoms with Crippen molar-refractivity contribution in [3.05, 3.63) is 70.5 Å². The minimum Gasteiger partial charge on any atom is -0.481 e.